The summed E-state index contributed by atoms with van der Waals surface area (Å²) in [6.07, 6.45) is 0. The number of carbonyl (C=O) groups is 1. The van der Waals surface area contributed by atoms with E-state index in [-0.39, 0.29) is 11.9 Å². The van der Waals surface area contributed by atoms with Crippen LogP contribution in [0.5, 0.6) is 0 Å². The summed E-state index contributed by atoms with van der Waals surface area (Å²) in [5.74, 6) is 0.589. The zero-order valence-corrected chi connectivity index (χ0v) is 18.9. The largest absolute Gasteiger partial charge is 0.340 e. The van der Waals surface area contributed by atoms with Crippen LogP contribution in [0.25, 0.3) is 11.0 Å². The van der Waals surface area contributed by atoms with E-state index in [9.17, 15) is 4.79 Å². The van der Waals surface area contributed by atoms with Crippen LogP contribution in [0.15, 0.2) is 72.8 Å². The molecule has 162 valence electrons. The van der Waals surface area contributed by atoms with Crippen molar-refractivity contribution < 1.29 is 4.79 Å². The maximum Gasteiger partial charge on any atom is 0.257 e. The maximum atomic E-state index is 13.6. The Balaban J connectivity index is 1.49. The number of aromatic amines is 1. The van der Waals surface area contributed by atoms with Crippen LogP contribution in [-0.4, -0.2) is 45.3 Å². The number of aromatic nitrogens is 2. The van der Waals surface area contributed by atoms with E-state index in [4.69, 9.17) is 28.2 Å². The summed E-state index contributed by atoms with van der Waals surface area (Å²) in [7, 11) is 0. The van der Waals surface area contributed by atoms with Gasteiger partial charge in [-0.1, -0.05) is 71.7 Å². The van der Waals surface area contributed by atoms with Gasteiger partial charge in [-0.25, -0.2) is 4.98 Å². The van der Waals surface area contributed by atoms with Crippen molar-refractivity contribution in [2.45, 2.75) is 12.6 Å². The van der Waals surface area contributed by atoms with Crippen LogP contribution in [0.1, 0.15) is 27.8 Å². The first-order chi connectivity index (χ1) is 15.6. The SMILES string of the molecule is O=C(c1c(Cl)cccc1Cl)N1CCN(Cc2ccccc2)CC1c1nc2ccccc2[nH]1. The highest BCUT2D eigenvalue weighted by Crippen LogP contribution is 2.32. The van der Waals surface area contributed by atoms with Gasteiger partial charge in [0.15, 0.2) is 0 Å². The molecule has 32 heavy (non-hydrogen) atoms. The quantitative estimate of drug-likeness (QED) is 0.429. The zero-order chi connectivity index (χ0) is 22.1. The first-order valence-electron chi connectivity index (χ1n) is 10.6. The third-order valence-corrected chi connectivity index (χ3v) is 6.50. The molecule has 1 fully saturated rings. The molecule has 1 unspecified atom stereocenters. The van der Waals surface area contributed by atoms with Crippen LogP contribution in [0.3, 0.4) is 0 Å². The number of nitrogens with zero attached hydrogens (tertiary/aromatic N) is 3. The van der Waals surface area contributed by atoms with Gasteiger partial charge in [0.05, 0.1) is 26.6 Å². The van der Waals surface area contributed by atoms with Gasteiger partial charge < -0.3 is 9.88 Å². The van der Waals surface area contributed by atoms with E-state index in [1.54, 1.807) is 18.2 Å². The lowest BCUT2D eigenvalue weighted by Crippen LogP contribution is -2.50. The second-order valence-electron chi connectivity index (χ2n) is 7.97. The molecule has 0 aliphatic carbocycles. The Morgan fingerprint density at radius 2 is 1.66 bits per heavy atom. The number of imidazole rings is 1. The van der Waals surface area contributed by atoms with Crippen molar-refractivity contribution in [1.29, 1.82) is 0 Å². The number of H-pyrrole nitrogens is 1. The van der Waals surface area contributed by atoms with E-state index in [0.29, 0.717) is 28.7 Å². The molecule has 1 aliphatic rings. The van der Waals surface area contributed by atoms with Crippen LogP contribution < -0.4 is 0 Å². The van der Waals surface area contributed by atoms with E-state index in [1.165, 1.54) is 5.56 Å². The summed E-state index contributed by atoms with van der Waals surface area (Å²) in [5.41, 5.74) is 3.41. The average Bonchev–Trinajstić information content (AvgIpc) is 3.24. The first-order valence-corrected chi connectivity index (χ1v) is 11.3. The molecule has 0 bridgehead atoms. The monoisotopic (exact) mass is 464 g/mol. The Bertz CT molecular complexity index is 1200. The number of rotatable bonds is 4. The van der Waals surface area contributed by atoms with E-state index in [2.05, 4.69) is 22.0 Å². The Morgan fingerprint density at radius 1 is 0.938 bits per heavy atom. The van der Waals surface area contributed by atoms with Crippen LogP contribution in [-0.2, 0) is 6.54 Å². The molecule has 5 nitrogen and oxygen atoms in total. The third-order valence-electron chi connectivity index (χ3n) is 5.87. The summed E-state index contributed by atoms with van der Waals surface area (Å²) in [6, 6.07) is 23.1. The summed E-state index contributed by atoms with van der Waals surface area (Å²) in [6.45, 7) is 2.77. The average molecular weight is 465 g/mol. The fourth-order valence-corrected chi connectivity index (χ4v) is 4.84. The summed E-state index contributed by atoms with van der Waals surface area (Å²) in [4.78, 5) is 26.0. The Morgan fingerprint density at radius 3 is 2.41 bits per heavy atom. The number of hydrogen-bond donors (Lipinski definition) is 1. The molecule has 4 aromatic rings. The van der Waals surface area contributed by atoms with Crippen LogP contribution >= 0.6 is 23.2 Å². The van der Waals surface area contributed by atoms with Crippen molar-refractivity contribution in [3.05, 3.63) is 99.8 Å². The summed E-state index contributed by atoms with van der Waals surface area (Å²) >= 11 is 12.7. The molecule has 0 spiro atoms. The van der Waals surface area contributed by atoms with Crippen molar-refractivity contribution in [3.8, 4) is 0 Å². The number of carbonyl (C=O) groups excluding carboxylic acids is 1. The van der Waals surface area contributed by atoms with Crippen LogP contribution in [0, 0.1) is 0 Å². The van der Waals surface area contributed by atoms with E-state index < -0.39 is 0 Å². The number of fused-ring (bicyclic) bond motifs is 1. The number of nitrogens with one attached hydrogen (secondary N) is 1. The lowest BCUT2D eigenvalue weighted by molar-refractivity contribution is 0.0418. The molecule has 1 aliphatic heterocycles. The van der Waals surface area contributed by atoms with Gasteiger partial charge in [0.25, 0.3) is 5.91 Å². The molecule has 2 heterocycles. The minimum Gasteiger partial charge on any atom is -0.340 e. The summed E-state index contributed by atoms with van der Waals surface area (Å²) in [5, 5.41) is 0.718. The predicted octanol–water partition coefficient (Wildman–Crippen LogP) is 5.57. The number of halogens is 2. The molecule has 0 saturated carbocycles. The summed E-state index contributed by atoms with van der Waals surface area (Å²) < 4.78 is 0. The number of piperazine rings is 1. The van der Waals surface area contributed by atoms with Crippen molar-refractivity contribution in [2.24, 2.45) is 0 Å². The van der Waals surface area contributed by atoms with E-state index in [0.717, 1.165) is 29.9 Å². The lowest BCUT2D eigenvalue weighted by Gasteiger charge is -2.40. The first kappa shape index (κ1) is 21.0. The van der Waals surface area contributed by atoms with E-state index in [1.807, 2.05) is 47.4 Å². The molecule has 7 heteroatoms. The van der Waals surface area contributed by atoms with Crippen LogP contribution in [0.4, 0.5) is 0 Å². The third kappa shape index (κ3) is 4.11. The fourth-order valence-electron chi connectivity index (χ4n) is 4.28. The number of hydrogen-bond acceptors (Lipinski definition) is 3. The minimum absolute atomic E-state index is 0.176. The standard InChI is InChI=1S/C25H22Cl2N4O/c26-18-9-6-10-19(27)23(18)25(32)31-14-13-30(15-17-7-2-1-3-8-17)16-22(31)24-28-20-11-4-5-12-21(20)29-24/h1-12,22H,13-16H2,(H,28,29). The number of para-hydroxylation sites is 2. The number of benzene rings is 3. The maximum absolute atomic E-state index is 13.6. The van der Waals surface area contributed by atoms with Gasteiger partial charge in [-0.05, 0) is 29.8 Å². The van der Waals surface area contributed by atoms with Crippen molar-refractivity contribution >= 4 is 40.1 Å². The van der Waals surface area contributed by atoms with Gasteiger partial charge in [0.2, 0.25) is 0 Å². The molecule has 1 aromatic heterocycles. The smallest absolute Gasteiger partial charge is 0.257 e. The Kier molecular flexibility index (Phi) is 5.87. The number of amides is 1. The van der Waals surface area contributed by atoms with Crippen molar-refractivity contribution in [3.63, 3.8) is 0 Å². The van der Waals surface area contributed by atoms with E-state index >= 15 is 0 Å². The van der Waals surface area contributed by atoms with Crippen molar-refractivity contribution in [2.75, 3.05) is 19.6 Å². The molecular weight excluding hydrogens is 443 g/mol. The molecule has 1 N–H and O–H groups in total. The molecule has 1 amide bonds. The van der Waals surface area contributed by atoms with Gasteiger partial charge >= 0.3 is 0 Å². The molecule has 1 saturated heterocycles. The zero-order valence-electron chi connectivity index (χ0n) is 17.3. The minimum atomic E-state index is -0.250. The fraction of sp³-hybridized carbons (Fsp3) is 0.200. The van der Waals surface area contributed by atoms with Gasteiger partial charge in [-0.15, -0.1) is 0 Å². The normalized spacial score (nSPS) is 17.1. The van der Waals surface area contributed by atoms with Gasteiger partial charge in [0.1, 0.15) is 11.9 Å². The highest BCUT2D eigenvalue weighted by molar-refractivity contribution is 6.39. The second kappa shape index (κ2) is 8.94. The second-order valence-corrected chi connectivity index (χ2v) is 8.79. The predicted molar refractivity (Wildman–Crippen MR) is 128 cm³/mol. The van der Waals surface area contributed by atoms with Crippen LogP contribution in [0.2, 0.25) is 10.0 Å². The molecule has 5 rings (SSSR count). The lowest BCUT2D eigenvalue weighted by atomic mass is 10.1. The molecule has 3 aromatic carbocycles. The molecule has 0 radical (unpaired) electrons. The topological polar surface area (TPSA) is 52.2 Å². The van der Waals surface area contributed by atoms with Crippen molar-refractivity contribution in [1.82, 2.24) is 19.8 Å². The van der Waals surface area contributed by atoms with Gasteiger partial charge in [0, 0.05) is 26.2 Å². The molecular formula is C25H22Cl2N4O. The Labute approximate surface area is 196 Å². The Hall–Kier alpha value is -2.86. The highest BCUT2D eigenvalue weighted by atomic mass is 35.5. The van der Waals surface area contributed by atoms with Gasteiger partial charge in [-0.3, -0.25) is 9.69 Å². The van der Waals surface area contributed by atoms with Gasteiger partial charge in [-0.2, -0.15) is 0 Å². The highest BCUT2D eigenvalue weighted by Gasteiger charge is 2.35. The molecule has 1 atom stereocenters.